The second-order valence-electron chi connectivity index (χ2n) is 3.90. The van der Waals surface area contributed by atoms with Crippen LogP contribution in [0.15, 0.2) is 12.3 Å². The number of amides is 1. The minimum Gasteiger partial charge on any atom is -0.397 e. The average Bonchev–Trinajstić information content (AvgIpc) is 2.31. The van der Waals surface area contributed by atoms with E-state index in [1.54, 1.807) is 11.0 Å². The van der Waals surface area contributed by atoms with Crippen molar-refractivity contribution in [3.63, 3.8) is 0 Å². The zero-order valence-corrected chi connectivity index (χ0v) is 11.0. The van der Waals surface area contributed by atoms with Gasteiger partial charge in [0, 0.05) is 13.1 Å². The lowest BCUT2D eigenvalue weighted by atomic mass is 10.2. The summed E-state index contributed by atoms with van der Waals surface area (Å²) in [5, 5.41) is 0.210. The van der Waals surface area contributed by atoms with Crippen molar-refractivity contribution in [1.29, 1.82) is 0 Å². The first-order valence-electron chi connectivity index (χ1n) is 5.80. The molecular formula is C12H18ClN3O. The number of hydrogen-bond acceptors (Lipinski definition) is 3. The Morgan fingerprint density at radius 2 is 2.00 bits per heavy atom. The molecule has 0 atom stereocenters. The number of nitrogens with two attached hydrogens (primary N) is 1. The molecule has 1 aromatic heterocycles. The largest absolute Gasteiger partial charge is 0.397 e. The molecule has 0 radical (unpaired) electrons. The van der Waals surface area contributed by atoms with Gasteiger partial charge in [-0.1, -0.05) is 25.4 Å². The Hall–Kier alpha value is -1.29. The predicted octanol–water partition coefficient (Wildman–Crippen LogP) is 2.58. The van der Waals surface area contributed by atoms with Crippen LogP contribution in [0.1, 0.15) is 37.0 Å². The van der Waals surface area contributed by atoms with Gasteiger partial charge in [-0.25, -0.2) is 4.98 Å². The Bertz CT molecular complexity index is 389. The second kappa shape index (κ2) is 6.45. The lowest BCUT2D eigenvalue weighted by Crippen LogP contribution is -2.32. The number of carbonyl (C=O) groups excluding carboxylic acids is 1. The number of hydrogen-bond donors (Lipinski definition) is 1. The van der Waals surface area contributed by atoms with Crippen LogP contribution in [0.3, 0.4) is 0 Å². The Kier molecular flexibility index (Phi) is 5.22. The van der Waals surface area contributed by atoms with Crippen LogP contribution in [0.4, 0.5) is 5.69 Å². The van der Waals surface area contributed by atoms with Crippen molar-refractivity contribution in [2.24, 2.45) is 0 Å². The monoisotopic (exact) mass is 255 g/mol. The fourth-order valence-corrected chi connectivity index (χ4v) is 1.82. The van der Waals surface area contributed by atoms with E-state index in [2.05, 4.69) is 4.98 Å². The lowest BCUT2D eigenvalue weighted by molar-refractivity contribution is 0.0755. The van der Waals surface area contributed by atoms with Gasteiger partial charge in [0.05, 0.1) is 17.4 Å². The number of rotatable bonds is 5. The molecule has 0 aliphatic heterocycles. The van der Waals surface area contributed by atoms with E-state index in [-0.39, 0.29) is 11.1 Å². The van der Waals surface area contributed by atoms with E-state index in [1.165, 1.54) is 6.20 Å². The van der Waals surface area contributed by atoms with Gasteiger partial charge in [-0.05, 0) is 18.9 Å². The van der Waals surface area contributed by atoms with Gasteiger partial charge < -0.3 is 10.6 Å². The van der Waals surface area contributed by atoms with Gasteiger partial charge in [0.15, 0.2) is 0 Å². The second-order valence-corrected chi connectivity index (χ2v) is 4.26. The molecule has 1 heterocycles. The summed E-state index contributed by atoms with van der Waals surface area (Å²) >= 11 is 5.92. The van der Waals surface area contributed by atoms with Crippen molar-refractivity contribution in [2.75, 3.05) is 18.8 Å². The number of anilines is 1. The average molecular weight is 256 g/mol. The highest BCUT2D eigenvalue weighted by molar-refractivity contribution is 6.32. The van der Waals surface area contributed by atoms with Crippen LogP contribution in [-0.4, -0.2) is 28.9 Å². The van der Waals surface area contributed by atoms with Gasteiger partial charge in [-0.15, -0.1) is 0 Å². The highest BCUT2D eigenvalue weighted by Gasteiger charge is 2.18. The van der Waals surface area contributed by atoms with E-state index < -0.39 is 0 Å². The normalized spacial score (nSPS) is 10.3. The maximum Gasteiger partial charge on any atom is 0.257 e. The predicted molar refractivity (Wildman–Crippen MR) is 70.1 cm³/mol. The fourth-order valence-electron chi connectivity index (χ4n) is 1.64. The highest BCUT2D eigenvalue weighted by Crippen LogP contribution is 2.18. The Labute approximate surface area is 107 Å². The van der Waals surface area contributed by atoms with E-state index in [0.29, 0.717) is 11.3 Å². The Balaban J connectivity index is 2.95. The zero-order valence-electron chi connectivity index (χ0n) is 10.2. The number of nitrogen functional groups attached to an aromatic ring is 1. The van der Waals surface area contributed by atoms with Gasteiger partial charge >= 0.3 is 0 Å². The number of halogens is 1. The van der Waals surface area contributed by atoms with Crippen LogP contribution in [0, 0.1) is 0 Å². The first kappa shape index (κ1) is 13.8. The molecule has 0 fully saturated rings. The van der Waals surface area contributed by atoms with Crippen LogP contribution in [-0.2, 0) is 0 Å². The number of carbonyl (C=O) groups is 1. The molecule has 0 aromatic carbocycles. The minimum absolute atomic E-state index is 0.0986. The summed E-state index contributed by atoms with van der Waals surface area (Å²) in [5.41, 5.74) is 6.45. The number of pyridine rings is 1. The third-order valence-electron chi connectivity index (χ3n) is 2.36. The molecule has 5 heteroatoms. The minimum atomic E-state index is -0.0986. The van der Waals surface area contributed by atoms with Crippen molar-refractivity contribution in [3.05, 3.63) is 23.0 Å². The molecule has 0 spiro atoms. The van der Waals surface area contributed by atoms with Crippen molar-refractivity contribution < 1.29 is 4.79 Å². The van der Waals surface area contributed by atoms with Gasteiger partial charge in [0.2, 0.25) is 0 Å². The van der Waals surface area contributed by atoms with Gasteiger partial charge in [0.1, 0.15) is 5.15 Å². The summed E-state index contributed by atoms with van der Waals surface area (Å²) < 4.78 is 0. The van der Waals surface area contributed by atoms with Crippen LogP contribution in [0.5, 0.6) is 0 Å². The molecule has 0 bridgehead atoms. The van der Waals surface area contributed by atoms with E-state index in [9.17, 15) is 4.79 Å². The van der Waals surface area contributed by atoms with Gasteiger partial charge in [0.25, 0.3) is 5.91 Å². The summed E-state index contributed by atoms with van der Waals surface area (Å²) in [7, 11) is 0. The van der Waals surface area contributed by atoms with Crippen LogP contribution >= 0.6 is 11.6 Å². The van der Waals surface area contributed by atoms with E-state index in [4.69, 9.17) is 17.3 Å². The molecule has 0 aliphatic carbocycles. The van der Waals surface area contributed by atoms with E-state index in [0.717, 1.165) is 25.9 Å². The summed E-state index contributed by atoms with van der Waals surface area (Å²) in [6, 6.07) is 1.58. The Morgan fingerprint density at radius 3 is 2.53 bits per heavy atom. The molecule has 1 amide bonds. The van der Waals surface area contributed by atoms with Gasteiger partial charge in [-0.3, -0.25) is 4.79 Å². The molecule has 0 aliphatic rings. The third kappa shape index (κ3) is 3.60. The van der Waals surface area contributed by atoms with E-state index in [1.807, 2.05) is 13.8 Å². The zero-order chi connectivity index (χ0) is 12.8. The molecule has 17 heavy (non-hydrogen) atoms. The van der Waals surface area contributed by atoms with Crippen molar-refractivity contribution >= 4 is 23.2 Å². The molecular weight excluding hydrogens is 238 g/mol. The molecule has 0 unspecified atom stereocenters. The van der Waals surface area contributed by atoms with E-state index >= 15 is 0 Å². The smallest absolute Gasteiger partial charge is 0.257 e. The number of aromatic nitrogens is 1. The third-order valence-corrected chi connectivity index (χ3v) is 2.67. The molecule has 1 rings (SSSR count). The molecule has 0 saturated heterocycles. The summed E-state index contributed by atoms with van der Waals surface area (Å²) in [6.45, 7) is 5.51. The number of nitrogens with zero attached hydrogens (tertiary/aromatic N) is 2. The fraction of sp³-hybridized carbons (Fsp3) is 0.500. The van der Waals surface area contributed by atoms with Crippen molar-refractivity contribution in [3.8, 4) is 0 Å². The van der Waals surface area contributed by atoms with Gasteiger partial charge in [-0.2, -0.15) is 0 Å². The SMILES string of the molecule is CCCN(CCC)C(=O)c1cc(N)cnc1Cl. The molecule has 94 valence electrons. The maximum atomic E-state index is 12.2. The highest BCUT2D eigenvalue weighted by atomic mass is 35.5. The standard InChI is InChI=1S/C12H18ClN3O/c1-3-5-16(6-4-2)12(17)10-7-9(14)8-15-11(10)13/h7-8H,3-6,14H2,1-2H3. The first-order chi connectivity index (χ1) is 8.10. The Morgan fingerprint density at radius 1 is 1.41 bits per heavy atom. The summed E-state index contributed by atoms with van der Waals surface area (Å²) in [5.74, 6) is -0.0986. The van der Waals surface area contributed by atoms with Crippen LogP contribution in [0.25, 0.3) is 0 Å². The summed E-state index contributed by atoms with van der Waals surface area (Å²) in [6.07, 6.45) is 3.28. The molecule has 0 saturated carbocycles. The maximum absolute atomic E-state index is 12.2. The lowest BCUT2D eigenvalue weighted by Gasteiger charge is -2.21. The van der Waals surface area contributed by atoms with Crippen LogP contribution < -0.4 is 5.73 Å². The quantitative estimate of drug-likeness (QED) is 0.823. The first-order valence-corrected chi connectivity index (χ1v) is 6.18. The van der Waals surface area contributed by atoms with Crippen LogP contribution in [0.2, 0.25) is 5.15 Å². The molecule has 4 nitrogen and oxygen atoms in total. The van der Waals surface area contributed by atoms with Crippen molar-refractivity contribution in [1.82, 2.24) is 9.88 Å². The molecule has 2 N–H and O–H groups in total. The topological polar surface area (TPSA) is 59.2 Å². The molecule has 1 aromatic rings. The summed E-state index contributed by atoms with van der Waals surface area (Å²) in [4.78, 5) is 17.9. The van der Waals surface area contributed by atoms with Crippen molar-refractivity contribution in [2.45, 2.75) is 26.7 Å².